The lowest BCUT2D eigenvalue weighted by Gasteiger charge is -2.08. The van der Waals surface area contributed by atoms with Gasteiger partial charge in [0.25, 0.3) is 0 Å². The minimum absolute atomic E-state index is 0.0305. The molecule has 0 fully saturated rings. The maximum Gasteiger partial charge on any atom is 0.240 e. The molecule has 0 spiro atoms. The van der Waals surface area contributed by atoms with E-state index in [0.29, 0.717) is 5.56 Å². The van der Waals surface area contributed by atoms with Crippen molar-refractivity contribution in [3.8, 4) is 11.1 Å². The molecular weight excluding hydrogens is 361 g/mol. The maximum atomic E-state index is 13.1. The summed E-state index contributed by atoms with van der Waals surface area (Å²) in [5.74, 6) is -0.537. The SMILES string of the molecule is O=S(=O)(NCc1ccc(F)c(Cl)c1)c1ccc(-c2ccccc2)cc1. The molecule has 3 aromatic carbocycles. The highest BCUT2D eigenvalue weighted by Gasteiger charge is 2.14. The van der Waals surface area contributed by atoms with E-state index >= 15 is 0 Å². The molecule has 128 valence electrons. The van der Waals surface area contributed by atoms with Crippen LogP contribution in [0.25, 0.3) is 11.1 Å². The maximum absolute atomic E-state index is 13.1. The molecule has 0 saturated heterocycles. The Bertz CT molecular complexity index is 974. The van der Waals surface area contributed by atoms with Crippen LogP contribution >= 0.6 is 11.6 Å². The summed E-state index contributed by atoms with van der Waals surface area (Å²) in [5.41, 5.74) is 2.53. The highest BCUT2D eigenvalue weighted by Crippen LogP contribution is 2.21. The van der Waals surface area contributed by atoms with Gasteiger partial charge in [-0.25, -0.2) is 17.5 Å². The summed E-state index contributed by atoms with van der Waals surface area (Å²) in [4.78, 5) is 0.167. The molecule has 0 aliphatic heterocycles. The van der Waals surface area contributed by atoms with Gasteiger partial charge in [-0.2, -0.15) is 0 Å². The van der Waals surface area contributed by atoms with Gasteiger partial charge >= 0.3 is 0 Å². The van der Waals surface area contributed by atoms with Crippen molar-refractivity contribution in [2.75, 3.05) is 0 Å². The van der Waals surface area contributed by atoms with E-state index < -0.39 is 15.8 Å². The van der Waals surface area contributed by atoms with E-state index in [4.69, 9.17) is 11.6 Å². The number of benzene rings is 3. The van der Waals surface area contributed by atoms with E-state index in [2.05, 4.69) is 4.72 Å². The van der Waals surface area contributed by atoms with Crippen LogP contribution in [0.15, 0.2) is 77.7 Å². The van der Waals surface area contributed by atoms with Gasteiger partial charge in [0.15, 0.2) is 0 Å². The Hall–Kier alpha value is -2.21. The van der Waals surface area contributed by atoms with Crippen LogP contribution in [0.5, 0.6) is 0 Å². The summed E-state index contributed by atoms with van der Waals surface area (Å²) in [6, 6.07) is 20.4. The Kier molecular flexibility index (Phi) is 5.18. The standard InChI is InChI=1S/C19H15ClFNO2S/c20-18-12-14(6-11-19(18)21)13-22-25(23,24)17-9-7-16(8-10-17)15-4-2-1-3-5-15/h1-12,22H,13H2. The second kappa shape index (κ2) is 7.35. The van der Waals surface area contributed by atoms with Crippen LogP contribution in [0.2, 0.25) is 5.02 Å². The highest BCUT2D eigenvalue weighted by molar-refractivity contribution is 7.89. The molecule has 3 rings (SSSR count). The van der Waals surface area contributed by atoms with Crippen LogP contribution < -0.4 is 4.72 Å². The molecule has 25 heavy (non-hydrogen) atoms. The molecule has 0 aromatic heterocycles. The van der Waals surface area contributed by atoms with Gasteiger partial charge in [0.05, 0.1) is 9.92 Å². The summed E-state index contributed by atoms with van der Waals surface area (Å²) in [7, 11) is -3.67. The van der Waals surface area contributed by atoms with Gasteiger partial charge in [-0.05, 0) is 41.0 Å². The fourth-order valence-electron chi connectivity index (χ4n) is 2.37. The van der Waals surface area contributed by atoms with Crippen LogP contribution in [-0.4, -0.2) is 8.42 Å². The van der Waals surface area contributed by atoms with Crippen LogP contribution in [0.4, 0.5) is 4.39 Å². The lowest BCUT2D eigenvalue weighted by atomic mass is 10.1. The fourth-order valence-corrected chi connectivity index (χ4v) is 3.59. The Labute approximate surface area is 151 Å². The van der Waals surface area contributed by atoms with E-state index in [-0.39, 0.29) is 16.5 Å². The molecule has 0 radical (unpaired) electrons. The molecule has 0 heterocycles. The van der Waals surface area contributed by atoms with E-state index in [1.807, 2.05) is 30.3 Å². The number of hydrogen-bond acceptors (Lipinski definition) is 2. The zero-order valence-electron chi connectivity index (χ0n) is 13.1. The third kappa shape index (κ3) is 4.25. The highest BCUT2D eigenvalue weighted by atomic mass is 35.5. The first-order chi connectivity index (χ1) is 12.0. The summed E-state index contributed by atoms with van der Waals surface area (Å²) in [6.45, 7) is 0.0305. The lowest BCUT2D eigenvalue weighted by molar-refractivity contribution is 0.581. The van der Waals surface area contributed by atoms with Crippen molar-refractivity contribution in [2.45, 2.75) is 11.4 Å². The molecule has 0 amide bonds. The Morgan fingerprint density at radius 1 is 0.880 bits per heavy atom. The molecule has 0 aliphatic rings. The van der Waals surface area contributed by atoms with Crippen molar-refractivity contribution in [1.82, 2.24) is 4.72 Å². The van der Waals surface area contributed by atoms with Gasteiger partial charge in [-0.3, -0.25) is 0 Å². The van der Waals surface area contributed by atoms with Crippen molar-refractivity contribution in [3.63, 3.8) is 0 Å². The number of nitrogens with one attached hydrogen (secondary N) is 1. The smallest absolute Gasteiger partial charge is 0.207 e. The zero-order valence-corrected chi connectivity index (χ0v) is 14.7. The second-order valence-electron chi connectivity index (χ2n) is 5.46. The molecule has 0 bridgehead atoms. The fraction of sp³-hybridized carbons (Fsp3) is 0.0526. The van der Waals surface area contributed by atoms with E-state index in [9.17, 15) is 12.8 Å². The average Bonchev–Trinajstić information content (AvgIpc) is 2.64. The summed E-state index contributed by atoms with van der Waals surface area (Å²) in [6.07, 6.45) is 0. The Balaban J connectivity index is 1.74. The monoisotopic (exact) mass is 375 g/mol. The summed E-state index contributed by atoms with van der Waals surface area (Å²) < 4.78 is 40.4. The molecule has 0 saturated carbocycles. The molecule has 1 N–H and O–H groups in total. The second-order valence-corrected chi connectivity index (χ2v) is 7.64. The third-order valence-electron chi connectivity index (χ3n) is 3.72. The molecular formula is C19H15ClFNO2S. The first kappa shape index (κ1) is 17.6. The van der Waals surface area contributed by atoms with Crippen LogP contribution in [0.3, 0.4) is 0 Å². The van der Waals surface area contributed by atoms with Crippen molar-refractivity contribution < 1.29 is 12.8 Å². The average molecular weight is 376 g/mol. The van der Waals surface area contributed by atoms with Crippen LogP contribution in [0, 0.1) is 5.82 Å². The predicted octanol–water partition coefficient (Wildman–Crippen LogP) is 4.62. The molecule has 3 aromatic rings. The van der Waals surface area contributed by atoms with Gasteiger partial charge < -0.3 is 0 Å². The molecule has 0 aliphatic carbocycles. The van der Waals surface area contributed by atoms with Gasteiger partial charge in [-0.1, -0.05) is 60.1 Å². The van der Waals surface area contributed by atoms with Gasteiger partial charge in [0.1, 0.15) is 5.82 Å². The topological polar surface area (TPSA) is 46.2 Å². The zero-order chi connectivity index (χ0) is 17.9. The molecule has 0 atom stereocenters. The van der Waals surface area contributed by atoms with Crippen molar-refractivity contribution in [2.24, 2.45) is 0 Å². The number of rotatable bonds is 5. The van der Waals surface area contributed by atoms with Crippen LogP contribution in [-0.2, 0) is 16.6 Å². The summed E-state index contributed by atoms with van der Waals surface area (Å²) in [5, 5.41) is -0.0380. The number of hydrogen-bond donors (Lipinski definition) is 1. The van der Waals surface area contributed by atoms with Crippen molar-refractivity contribution in [3.05, 3.63) is 89.2 Å². The molecule has 0 unspecified atom stereocenters. The first-order valence-corrected chi connectivity index (χ1v) is 9.41. The van der Waals surface area contributed by atoms with Crippen molar-refractivity contribution >= 4 is 21.6 Å². The minimum atomic E-state index is -3.67. The number of halogens is 2. The predicted molar refractivity (Wildman–Crippen MR) is 97.3 cm³/mol. The van der Waals surface area contributed by atoms with Crippen molar-refractivity contribution in [1.29, 1.82) is 0 Å². The quantitative estimate of drug-likeness (QED) is 0.707. The van der Waals surface area contributed by atoms with E-state index in [1.54, 1.807) is 24.3 Å². The normalized spacial score (nSPS) is 11.4. The molecule has 3 nitrogen and oxygen atoms in total. The Morgan fingerprint density at radius 3 is 2.16 bits per heavy atom. The summed E-state index contributed by atoms with van der Waals surface area (Å²) >= 11 is 5.70. The van der Waals surface area contributed by atoms with E-state index in [0.717, 1.165) is 11.1 Å². The first-order valence-electron chi connectivity index (χ1n) is 7.55. The Morgan fingerprint density at radius 2 is 1.52 bits per heavy atom. The van der Waals surface area contributed by atoms with E-state index in [1.165, 1.54) is 18.2 Å². The largest absolute Gasteiger partial charge is 0.240 e. The molecule has 6 heteroatoms. The van der Waals surface area contributed by atoms with Gasteiger partial charge in [0, 0.05) is 6.54 Å². The lowest BCUT2D eigenvalue weighted by Crippen LogP contribution is -2.23. The minimum Gasteiger partial charge on any atom is -0.207 e. The van der Waals surface area contributed by atoms with Gasteiger partial charge in [0.2, 0.25) is 10.0 Å². The third-order valence-corrected chi connectivity index (χ3v) is 5.43. The van der Waals surface area contributed by atoms with Gasteiger partial charge in [-0.15, -0.1) is 0 Å². The number of sulfonamides is 1. The van der Waals surface area contributed by atoms with Crippen LogP contribution in [0.1, 0.15) is 5.56 Å².